The lowest BCUT2D eigenvalue weighted by atomic mass is 9.91. The molecule has 1 heterocycles. The molecule has 0 radical (unpaired) electrons. The lowest BCUT2D eigenvalue weighted by molar-refractivity contribution is 0.165. The summed E-state index contributed by atoms with van der Waals surface area (Å²) < 4.78 is 4.65. The third-order valence-corrected chi connectivity index (χ3v) is 3.72. The van der Waals surface area contributed by atoms with Gasteiger partial charge in [0.15, 0.2) is 0 Å². The Bertz CT molecular complexity index is 633. The van der Waals surface area contributed by atoms with Gasteiger partial charge in [0.25, 0.3) is 0 Å². The van der Waals surface area contributed by atoms with E-state index in [-0.39, 0.29) is 12.1 Å². The largest absolute Gasteiger partial charge is 0.453 e. The first kappa shape index (κ1) is 11.9. The third-order valence-electron chi connectivity index (χ3n) is 3.72. The van der Waals surface area contributed by atoms with Crippen LogP contribution in [0.5, 0.6) is 0 Å². The number of hydrogen-bond donors (Lipinski definition) is 3. The van der Waals surface area contributed by atoms with Crippen LogP contribution in [0.3, 0.4) is 0 Å². The first-order valence-corrected chi connectivity index (χ1v) is 6.41. The molecule has 0 bridgehead atoms. The van der Waals surface area contributed by atoms with Crippen molar-refractivity contribution >= 4 is 22.7 Å². The monoisotopic (exact) mass is 259 g/mol. The second-order valence-electron chi connectivity index (χ2n) is 4.96. The van der Waals surface area contributed by atoms with Gasteiger partial charge in [-0.15, -0.1) is 0 Å². The predicted molar refractivity (Wildman–Crippen MR) is 74.1 cm³/mol. The molecule has 1 aliphatic rings. The first-order chi connectivity index (χ1) is 9.17. The van der Waals surface area contributed by atoms with Gasteiger partial charge >= 0.3 is 6.09 Å². The van der Waals surface area contributed by atoms with Crippen molar-refractivity contribution in [2.45, 2.75) is 25.3 Å². The van der Waals surface area contributed by atoms with E-state index in [1.165, 1.54) is 18.4 Å². The van der Waals surface area contributed by atoms with E-state index < -0.39 is 0 Å². The molecule has 1 unspecified atom stereocenters. The van der Waals surface area contributed by atoms with Crippen LogP contribution >= 0.6 is 0 Å². The van der Waals surface area contributed by atoms with Crippen LogP contribution in [0.15, 0.2) is 18.2 Å². The number of nitrogens with one attached hydrogen (secondary N) is 2. The van der Waals surface area contributed by atoms with Crippen LogP contribution < -0.4 is 11.1 Å². The average Bonchev–Trinajstić information content (AvgIpc) is 2.76. The third kappa shape index (κ3) is 2.12. The number of alkyl carbamates (subject to hydrolysis) is 1. The van der Waals surface area contributed by atoms with E-state index in [1.807, 2.05) is 18.2 Å². The number of aryl methyl sites for hydroxylation is 1. The summed E-state index contributed by atoms with van der Waals surface area (Å²) in [5.41, 5.74) is 10.2. The highest BCUT2D eigenvalue weighted by Gasteiger charge is 2.23. The SMILES string of the molecule is COC(=O)NC1CCc2[nH]c3ccc(N)cc3c2C1. The number of methoxy groups -OCH3 is 1. The zero-order chi connectivity index (χ0) is 13.4. The Kier molecular flexibility index (Phi) is 2.81. The van der Waals surface area contributed by atoms with Gasteiger partial charge in [0.2, 0.25) is 0 Å². The lowest BCUT2D eigenvalue weighted by Gasteiger charge is -2.22. The molecule has 0 fully saturated rings. The number of hydrogen-bond acceptors (Lipinski definition) is 3. The number of fused-ring (bicyclic) bond motifs is 3. The molecule has 0 saturated heterocycles. The summed E-state index contributed by atoms with van der Waals surface area (Å²) in [4.78, 5) is 14.7. The molecule has 19 heavy (non-hydrogen) atoms. The van der Waals surface area contributed by atoms with Gasteiger partial charge in [-0.3, -0.25) is 0 Å². The van der Waals surface area contributed by atoms with E-state index in [2.05, 4.69) is 15.0 Å². The first-order valence-electron chi connectivity index (χ1n) is 6.41. The number of benzene rings is 1. The quantitative estimate of drug-likeness (QED) is 0.685. The van der Waals surface area contributed by atoms with Gasteiger partial charge in [-0.05, 0) is 43.0 Å². The highest BCUT2D eigenvalue weighted by Crippen LogP contribution is 2.30. The highest BCUT2D eigenvalue weighted by molar-refractivity contribution is 5.87. The number of amides is 1. The summed E-state index contributed by atoms with van der Waals surface area (Å²) in [5, 5.41) is 4.03. The molecule has 0 aliphatic heterocycles. The fourth-order valence-electron chi connectivity index (χ4n) is 2.78. The molecular weight excluding hydrogens is 242 g/mol. The molecule has 1 atom stereocenters. The molecule has 2 aromatic rings. The van der Waals surface area contributed by atoms with Gasteiger partial charge < -0.3 is 20.8 Å². The Morgan fingerprint density at radius 2 is 2.37 bits per heavy atom. The molecule has 100 valence electrons. The Morgan fingerprint density at radius 1 is 1.53 bits per heavy atom. The molecule has 1 aliphatic carbocycles. The number of carbonyl (C=O) groups excluding carboxylic acids is 1. The van der Waals surface area contributed by atoms with Crippen LogP contribution in [0, 0.1) is 0 Å². The van der Waals surface area contributed by atoms with Gasteiger partial charge in [-0.25, -0.2) is 4.79 Å². The topological polar surface area (TPSA) is 80.1 Å². The molecule has 1 amide bonds. The van der Waals surface area contributed by atoms with Crippen molar-refractivity contribution in [3.8, 4) is 0 Å². The summed E-state index contributed by atoms with van der Waals surface area (Å²) >= 11 is 0. The fourth-order valence-corrected chi connectivity index (χ4v) is 2.78. The molecule has 5 heteroatoms. The minimum Gasteiger partial charge on any atom is -0.453 e. The average molecular weight is 259 g/mol. The van der Waals surface area contributed by atoms with Crippen molar-refractivity contribution in [3.63, 3.8) is 0 Å². The maximum atomic E-state index is 11.3. The normalized spacial score (nSPS) is 18.1. The number of aromatic amines is 1. The summed E-state index contributed by atoms with van der Waals surface area (Å²) in [6, 6.07) is 6.02. The summed E-state index contributed by atoms with van der Waals surface area (Å²) in [6.45, 7) is 0. The van der Waals surface area contributed by atoms with E-state index >= 15 is 0 Å². The number of carbonyl (C=O) groups is 1. The summed E-state index contributed by atoms with van der Waals surface area (Å²) in [6.07, 6.45) is 2.30. The number of nitrogens with two attached hydrogens (primary N) is 1. The van der Waals surface area contributed by atoms with Gasteiger partial charge in [-0.2, -0.15) is 0 Å². The van der Waals surface area contributed by atoms with E-state index in [0.717, 1.165) is 35.9 Å². The number of aromatic nitrogens is 1. The molecule has 4 N–H and O–H groups in total. The van der Waals surface area contributed by atoms with Crippen molar-refractivity contribution in [2.24, 2.45) is 0 Å². The van der Waals surface area contributed by atoms with Crippen LogP contribution in [-0.4, -0.2) is 24.2 Å². The van der Waals surface area contributed by atoms with Crippen LogP contribution in [0.4, 0.5) is 10.5 Å². The zero-order valence-corrected chi connectivity index (χ0v) is 10.8. The van der Waals surface area contributed by atoms with Gasteiger partial charge in [0.05, 0.1) is 7.11 Å². The Hall–Kier alpha value is -2.17. The molecular formula is C14H17N3O2. The smallest absolute Gasteiger partial charge is 0.407 e. The van der Waals surface area contributed by atoms with E-state index in [4.69, 9.17) is 5.73 Å². The highest BCUT2D eigenvalue weighted by atomic mass is 16.5. The van der Waals surface area contributed by atoms with Crippen molar-refractivity contribution in [1.82, 2.24) is 10.3 Å². The second kappa shape index (κ2) is 4.50. The predicted octanol–water partition coefficient (Wildman–Crippen LogP) is 1.96. The van der Waals surface area contributed by atoms with Gasteiger partial charge in [0.1, 0.15) is 0 Å². The van der Waals surface area contributed by atoms with E-state index in [0.29, 0.717) is 0 Å². The van der Waals surface area contributed by atoms with Crippen molar-refractivity contribution in [2.75, 3.05) is 12.8 Å². The number of nitrogen functional groups attached to an aromatic ring is 1. The van der Waals surface area contributed by atoms with Crippen LogP contribution in [0.25, 0.3) is 10.9 Å². The minimum atomic E-state index is -0.368. The van der Waals surface area contributed by atoms with Crippen LogP contribution in [0.2, 0.25) is 0 Å². The standard InChI is InChI=1S/C14H17N3O2/c1-19-14(18)16-9-3-5-13-11(7-9)10-6-8(15)2-4-12(10)17-13/h2,4,6,9,17H,3,5,7,15H2,1H3,(H,16,18). The van der Waals surface area contributed by atoms with Gasteiger partial charge in [-0.1, -0.05) is 0 Å². The molecule has 1 aromatic heterocycles. The number of ether oxygens (including phenoxy) is 1. The Morgan fingerprint density at radius 3 is 3.16 bits per heavy atom. The maximum Gasteiger partial charge on any atom is 0.407 e. The molecule has 3 rings (SSSR count). The Labute approximate surface area is 111 Å². The maximum absolute atomic E-state index is 11.3. The van der Waals surface area contributed by atoms with Crippen LogP contribution in [0.1, 0.15) is 17.7 Å². The number of H-pyrrole nitrogens is 1. The van der Waals surface area contributed by atoms with E-state index in [9.17, 15) is 4.79 Å². The summed E-state index contributed by atoms with van der Waals surface area (Å²) in [5.74, 6) is 0. The van der Waals surface area contributed by atoms with Crippen molar-refractivity contribution < 1.29 is 9.53 Å². The molecule has 0 saturated carbocycles. The summed E-state index contributed by atoms with van der Waals surface area (Å²) in [7, 11) is 1.38. The minimum absolute atomic E-state index is 0.125. The van der Waals surface area contributed by atoms with Crippen molar-refractivity contribution in [3.05, 3.63) is 29.5 Å². The van der Waals surface area contributed by atoms with E-state index in [1.54, 1.807) is 0 Å². The zero-order valence-electron chi connectivity index (χ0n) is 10.8. The van der Waals surface area contributed by atoms with Crippen LogP contribution in [-0.2, 0) is 17.6 Å². The van der Waals surface area contributed by atoms with Crippen molar-refractivity contribution in [1.29, 1.82) is 0 Å². The number of anilines is 1. The lowest BCUT2D eigenvalue weighted by Crippen LogP contribution is -2.38. The fraction of sp³-hybridized carbons (Fsp3) is 0.357. The molecule has 0 spiro atoms. The number of rotatable bonds is 1. The molecule has 5 nitrogen and oxygen atoms in total. The Balaban J connectivity index is 1.92. The van der Waals surface area contributed by atoms with Gasteiger partial charge in [0, 0.05) is 28.3 Å². The molecule has 1 aromatic carbocycles. The second-order valence-corrected chi connectivity index (χ2v) is 4.96.